The van der Waals surface area contributed by atoms with Gasteiger partial charge in [0.2, 0.25) is 0 Å². The number of halogens is 1. The summed E-state index contributed by atoms with van der Waals surface area (Å²) in [4.78, 5) is -0.0433. The minimum absolute atomic E-state index is 0.0433. The Morgan fingerprint density at radius 1 is 1.47 bits per heavy atom. The lowest BCUT2D eigenvalue weighted by Crippen LogP contribution is -2.13. The number of hydrogen-bond donors (Lipinski definition) is 2. The van der Waals surface area contributed by atoms with Gasteiger partial charge in [-0.3, -0.25) is 9.40 Å². The van der Waals surface area contributed by atoms with Crippen LogP contribution in [0.15, 0.2) is 35.5 Å². The molecule has 19 heavy (non-hydrogen) atoms. The van der Waals surface area contributed by atoms with Gasteiger partial charge >= 0.3 is 0 Å². The molecule has 0 aliphatic rings. The van der Waals surface area contributed by atoms with Crippen molar-refractivity contribution in [2.75, 3.05) is 4.72 Å². The highest BCUT2D eigenvalue weighted by Crippen LogP contribution is 2.18. The van der Waals surface area contributed by atoms with Crippen molar-refractivity contribution in [2.45, 2.75) is 11.4 Å². The van der Waals surface area contributed by atoms with E-state index in [0.29, 0.717) is 5.69 Å². The Labute approximate surface area is 110 Å². The van der Waals surface area contributed by atoms with Crippen molar-refractivity contribution in [3.8, 4) is 0 Å². The summed E-state index contributed by atoms with van der Waals surface area (Å²) in [5.74, 6) is -0.525. The number of nitrogens with two attached hydrogens (primary N) is 1. The molecule has 8 heteroatoms. The minimum Gasteiger partial charge on any atom is -0.326 e. The van der Waals surface area contributed by atoms with Crippen LogP contribution in [0.3, 0.4) is 0 Å². The van der Waals surface area contributed by atoms with E-state index in [-0.39, 0.29) is 17.0 Å². The Morgan fingerprint density at radius 3 is 2.79 bits per heavy atom. The summed E-state index contributed by atoms with van der Waals surface area (Å²) in [6.45, 7) is -0.0674. The van der Waals surface area contributed by atoms with E-state index in [1.165, 1.54) is 29.2 Å². The van der Waals surface area contributed by atoms with E-state index in [0.717, 1.165) is 6.07 Å². The summed E-state index contributed by atoms with van der Waals surface area (Å²) in [6, 6.07) is 3.49. The molecule has 0 saturated heterocycles. The molecular formula is C11H13FN4O2S. The van der Waals surface area contributed by atoms with E-state index in [9.17, 15) is 12.8 Å². The van der Waals surface area contributed by atoms with Crippen LogP contribution < -0.4 is 10.5 Å². The standard InChI is InChI=1S/C11H13FN4O2S/c1-16-7-9(6-14-16)15-19(17,18)10-2-3-11(12)8(4-10)5-13/h2-4,6-7,15H,5,13H2,1H3. The van der Waals surface area contributed by atoms with Crippen LogP contribution in [0.5, 0.6) is 0 Å². The first-order valence-corrected chi connectivity index (χ1v) is 6.90. The van der Waals surface area contributed by atoms with Crippen molar-refractivity contribution in [1.82, 2.24) is 9.78 Å². The van der Waals surface area contributed by atoms with Crippen LogP contribution in [0.4, 0.5) is 10.1 Å². The van der Waals surface area contributed by atoms with Gasteiger partial charge in [-0.05, 0) is 18.2 Å². The average Bonchev–Trinajstić information content (AvgIpc) is 2.74. The number of rotatable bonds is 4. The van der Waals surface area contributed by atoms with Crippen molar-refractivity contribution < 1.29 is 12.8 Å². The molecule has 1 aromatic carbocycles. The molecule has 0 amide bonds. The fourth-order valence-electron chi connectivity index (χ4n) is 1.56. The molecule has 0 bridgehead atoms. The first-order valence-electron chi connectivity index (χ1n) is 5.42. The molecule has 2 rings (SSSR count). The molecule has 0 radical (unpaired) electrons. The molecule has 0 aliphatic heterocycles. The monoisotopic (exact) mass is 284 g/mol. The average molecular weight is 284 g/mol. The first kappa shape index (κ1) is 13.5. The molecule has 0 atom stereocenters. The molecule has 2 aromatic rings. The smallest absolute Gasteiger partial charge is 0.262 e. The number of aromatic nitrogens is 2. The largest absolute Gasteiger partial charge is 0.326 e. The Balaban J connectivity index is 2.34. The van der Waals surface area contributed by atoms with Crippen molar-refractivity contribution in [1.29, 1.82) is 0 Å². The summed E-state index contributed by atoms with van der Waals surface area (Å²) >= 11 is 0. The van der Waals surface area contributed by atoms with E-state index < -0.39 is 15.8 Å². The molecule has 0 aliphatic carbocycles. The van der Waals surface area contributed by atoms with E-state index >= 15 is 0 Å². The van der Waals surface area contributed by atoms with Gasteiger partial charge in [-0.2, -0.15) is 5.10 Å². The topological polar surface area (TPSA) is 90.0 Å². The molecule has 1 aromatic heterocycles. The molecule has 1 heterocycles. The number of nitrogens with zero attached hydrogens (tertiary/aromatic N) is 2. The van der Waals surface area contributed by atoms with Gasteiger partial charge in [-0.15, -0.1) is 0 Å². The highest BCUT2D eigenvalue weighted by Gasteiger charge is 2.16. The van der Waals surface area contributed by atoms with Crippen LogP contribution in [0.1, 0.15) is 5.56 Å². The van der Waals surface area contributed by atoms with E-state index in [1.807, 2.05) is 0 Å². The van der Waals surface area contributed by atoms with E-state index in [4.69, 9.17) is 5.73 Å². The molecule has 102 valence electrons. The van der Waals surface area contributed by atoms with Gasteiger partial charge in [-0.1, -0.05) is 0 Å². The number of nitrogens with one attached hydrogen (secondary N) is 1. The molecule has 0 unspecified atom stereocenters. The van der Waals surface area contributed by atoms with Crippen molar-refractivity contribution >= 4 is 15.7 Å². The maximum Gasteiger partial charge on any atom is 0.262 e. The van der Waals surface area contributed by atoms with Crippen LogP contribution in [0.2, 0.25) is 0 Å². The Kier molecular flexibility index (Phi) is 3.54. The SMILES string of the molecule is Cn1cc(NS(=O)(=O)c2ccc(F)c(CN)c2)cn1. The number of hydrogen-bond acceptors (Lipinski definition) is 4. The minimum atomic E-state index is -3.77. The summed E-state index contributed by atoms with van der Waals surface area (Å²) in [5.41, 5.74) is 5.83. The second-order valence-electron chi connectivity index (χ2n) is 3.97. The Hall–Kier alpha value is -1.93. The van der Waals surface area contributed by atoms with Crippen LogP contribution in [0, 0.1) is 5.82 Å². The fourth-order valence-corrected chi connectivity index (χ4v) is 2.64. The Bertz CT molecular complexity index is 696. The van der Waals surface area contributed by atoms with Crippen LogP contribution in [-0.4, -0.2) is 18.2 Å². The lowest BCUT2D eigenvalue weighted by molar-refractivity contribution is 0.596. The summed E-state index contributed by atoms with van der Waals surface area (Å²) in [7, 11) is -2.11. The lowest BCUT2D eigenvalue weighted by Gasteiger charge is -2.07. The summed E-state index contributed by atoms with van der Waals surface area (Å²) < 4.78 is 41.3. The molecular weight excluding hydrogens is 271 g/mol. The first-order chi connectivity index (χ1) is 8.92. The third kappa shape index (κ3) is 2.91. The molecule has 6 nitrogen and oxygen atoms in total. The second-order valence-corrected chi connectivity index (χ2v) is 5.65. The van der Waals surface area contributed by atoms with Gasteiger partial charge in [0, 0.05) is 25.4 Å². The van der Waals surface area contributed by atoms with Crippen molar-refractivity contribution in [2.24, 2.45) is 12.8 Å². The maximum atomic E-state index is 13.3. The third-order valence-electron chi connectivity index (χ3n) is 2.50. The normalized spacial score (nSPS) is 11.5. The molecule has 3 N–H and O–H groups in total. The van der Waals surface area contributed by atoms with Gasteiger partial charge in [0.15, 0.2) is 0 Å². The van der Waals surface area contributed by atoms with Gasteiger partial charge in [0.05, 0.1) is 16.8 Å². The zero-order valence-corrected chi connectivity index (χ0v) is 11.0. The van der Waals surface area contributed by atoms with E-state index in [2.05, 4.69) is 9.82 Å². The lowest BCUT2D eigenvalue weighted by atomic mass is 10.2. The van der Waals surface area contributed by atoms with Crippen LogP contribution >= 0.6 is 0 Å². The third-order valence-corrected chi connectivity index (χ3v) is 3.88. The number of sulfonamides is 1. The molecule has 0 saturated carbocycles. The molecule has 0 spiro atoms. The zero-order chi connectivity index (χ0) is 14.0. The van der Waals surface area contributed by atoms with Gasteiger partial charge in [0.1, 0.15) is 5.82 Å². The van der Waals surface area contributed by atoms with Gasteiger partial charge < -0.3 is 5.73 Å². The predicted molar refractivity (Wildman–Crippen MR) is 68.3 cm³/mol. The quantitative estimate of drug-likeness (QED) is 0.869. The highest BCUT2D eigenvalue weighted by molar-refractivity contribution is 7.92. The highest BCUT2D eigenvalue weighted by atomic mass is 32.2. The zero-order valence-electron chi connectivity index (χ0n) is 10.2. The summed E-state index contributed by atoms with van der Waals surface area (Å²) in [6.07, 6.45) is 2.90. The summed E-state index contributed by atoms with van der Waals surface area (Å²) in [5, 5.41) is 3.85. The van der Waals surface area contributed by atoms with Crippen molar-refractivity contribution in [3.05, 3.63) is 42.0 Å². The second kappa shape index (κ2) is 4.98. The fraction of sp³-hybridized carbons (Fsp3) is 0.182. The number of anilines is 1. The molecule has 0 fully saturated rings. The number of benzene rings is 1. The van der Waals surface area contributed by atoms with Crippen molar-refractivity contribution in [3.63, 3.8) is 0 Å². The Morgan fingerprint density at radius 2 is 2.21 bits per heavy atom. The maximum absolute atomic E-state index is 13.3. The van der Waals surface area contributed by atoms with Gasteiger partial charge in [-0.25, -0.2) is 12.8 Å². The van der Waals surface area contributed by atoms with Crippen LogP contribution in [-0.2, 0) is 23.6 Å². The predicted octanol–water partition coefficient (Wildman–Crippen LogP) is 0.819. The van der Waals surface area contributed by atoms with Gasteiger partial charge in [0.25, 0.3) is 10.0 Å². The van der Waals surface area contributed by atoms with E-state index in [1.54, 1.807) is 7.05 Å². The van der Waals surface area contributed by atoms with Crippen LogP contribution in [0.25, 0.3) is 0 Å². The number of aryl methyl sites for hydroxylation is 1.